The molecular weight excluding hydrogens is 281 g/mol. The van der Waals surface area contributed by atoms with Crippen LogP contribution in [-0.2, 0) is 0 Å². The van der Waals surface area contributed by atoms with Gasteiger partial charge in [0.05, 0.1) is 17.7 Å². The lowest BCUT2D eigenvalue weighted by molar-refractivity contribution is 0.102. The number of ether oxygens (including phenoxy) is 1. The Morgan fingerprint density at radius 2 is 2.22 bits per heavy atom. The predicted molar refractivity (Wildman–Crippen MR) is 65.1 cm³/mol. The highest BCUT2D eigenvalue weighted by Crippen LogP contribution is 2.32. The Labute approximate surface area is 111 Å². The number of H-pyrrole nitrogens is 1. The van der Waals surface area contributed by atoms with Crippen LogP contribution in [0.15, 0.2) is 12.1 Å². The molecule has 0 atom stereocenters. The summed E-state index contributed by atoms with van der Waals surface area (Å²) >= 11 is 11.8. The van der Waals surface area contributed by atoms with Crippen LogP contribution in [0.5, 0.6) is 5.75 Å². The Morgan fingerprint density at radius 1 is 1.44 bits per heavy atom. The SMILES string of the molecule is COc1c(Cl)cc(Cl)cc1C(=O)Nc1nnn[nH]1. The first-order valence-electron chi connectivity index (χ1n) is 4.70. The van der Waals surface area contributed by atoms with Gasteiger partial charge in [0.15, 0.2) is 0 Å². The molecule has 9 heteroatoms. The maximum Gasteiger partial charge on any atom is 0.261 e. The van der Waals surface area contributed by atoms with Crippen molar-refractivity contribution in [3.05, 3.63) is 27.7 Å². The number of carbonyl (C=O) groups is 1. The summed E-state index contributed by atoms with van der Waals surface area (Å²) in [7, 11) is 1.40. The second-order valence-corrected chi connectivity index (χ2v) is 4.02. The summed E-state index contributed by atoms with van der Waals surface area (Å²) in [5.41, 5.74) is 0.186. The molecule has 0 unspecified atom stereocenters. The van der Waals surface area contributed by atoms with E-state index in [9.17, 15) is 4.79 Å². The van der Waals surface area contributed by atoms with Gasteiger partial charge < -0.3 is 4.74 Å². The molecule has 2 rings (SSSR count). The van der Waals surface area contributed by atoms with Crippen molar-refractivity contribution in [2.75, 3.05) is 12.4 Å². The van der Waals surface area contributed by atoms with Gasteiger partial charge >= 0.3 is 0 Å². The van der Waals surface area contributed by atoms with Gasteiger partial charge in [-0.3, -0.25) is 10.1 Å². The number of rotatable bonds is 3. The third-order valence-electron chi connectivity index (χ3n) is 2.03. The highest BCUT2D eigenvalue weighted by Gasteiger charge is 2.17. The fourth-order valence-corrected chi connectivity index (χ4v) is 1.89. The van der Waals surface area contributed by atoms with Crippen molar-refractivity contribution in [1.82, 2.24) is 20.6 Å². The topological polar surface area (TPSA) is 92.8 Å². The lowest BCUT2D eigenvalue weighted by Gasteiger charge is -2.09. The lowest BCUT2D eigenvalue weighted by atomic mass is 10.2. The molecule has 1 aromatic carbocycles. The van der Waals surface area contributed by atoms with Gasteiger partial charge in [0.2, 0.25) is 5.95 Å². The van der Waals surface area contributed by atoms with E-state index < -0.39 is 5.91 Å². The number of anilines is 1. The van der Waals surface area contributed by atoms with Crippen LogP contribution >= 0.6 is 23.2 Å². The molecule has 2 aromatic rings. The Morgan fingerprint density at radius 3 is 2.83 bits per heavy atom. The van der Waals surface area contributed by atoms with E-state index in [0.29, 0.717) is 5.02 Å². The van der Waals surface area contributed by atoms with Crippen LogP contribution in [-0.4, -0.2) is 33.6 Å². The molecule has 1 amide bonds. The van der Waals surface area contributed by atoms with E-state index in [2.05, 4.69) is 25.9 Å². The predicted octanol–water partition coefficient (Wildman–Crippen LogP) is 1.77. The van der Waals surface area contributed by atoms with E-state index in [1.54, 1.807) is 0 Å². The molecule has 0 radical (unpaired) electrons. The fourth-order valence-electron chi connectivity index (χ4n) is 1.32. The molecule has 94 valence electrons. The maximum atomic E-state index is 12.0. The molecule has 1 heterocycles. The number of methoxy groups -OCH3 is 1. The minimum absolute atomic E-state index is 0.109. The number of nitrogens with zero attached hydrogens (tertiary/aromatic N) is 3. The van der Waals surface area contributed by atoms with Crippen molar-refractivity contribution in [2.45, 2.75) is 0 Å². The monoisotopic (exact) mass is 287 g/mol. The van der Waals surface area contributed by atoms with Crippen LogP contribution < -0.4 is 10.1 Å². The van der Waals surface area contributed by atoms with E-state index in [-0.39, 0.29) is 22.3 Å². The zero-order chi connectivity index (χ0) is 13.1. The first-order valence-corrected chi connectivity index (χ1v) is 5.45. The molecular formula is C9H7Cl2N5O2. The molecule has 2 N–H and O–H groups in total. The molecule has 18 heavy (non-hydrogen) atoms. The highest BCUT2D eigenvalue weighted by atomic mass is 35.5. The first kappa shape index (κ1) is 12.6. The van der Waals surface area contributed by atoms with Gasteiger partial charge in [-0.15, -0.1) is 0 Å². The zero-order valence-corrected chi connectivity index (χ0v) is 10.6. The van der Waals surface area contributed by atoms with E-state index in [0.717, 1.165) is 0 Å². The van der Waals surface area contributed by atoms with Crippen LogP contribution in [0.3, 0.4) is 0 Å². The van der Waals surface area contributed by atoms with Crippen molar-refractivity contribution >= 4 is 35.1 Å². The summed E-state index contributed by atoms with van der Waals surface area (Å²) < 4.78 is 5.06. The fraction of sp³-hybridized carbons (Fsp3) is 0.111. The second kappa shape index (κ2) is 5.19. The number of aromatic amines is 1. The molecule has 0 saturated heterocycles. The minimum atomic E-state index is -0.491. The summed E-state index contributed by atoms with van der Waals surface area (Å²) in [4.78, 5) is 12.0. The number of aromatic nitrogens is 4. The third kappa shape index (κ3) is 2.52. The number of hydrogen-bond donors (Lipinski definition) is 2. The third-order valence-corrected chi connectivity index (χ3v) is 2.53. The summed E-state index contributed by atoms with van der Waals surface area (Å²) in [6.07, 6.45) is 0. The smallest absolute Gasteiger partial charge is 0.261 e. The van der Waals surface area contributed by atoms with Crippen molar-refractivity contribution in [2.24, 2.45) is 0 Å². The molecule has 0 saturated carbocycles. The minimum Gasteiger partial charge on any atom is -0.494 e. The number of amides is 1. The summed E-state index contributed by atoms with van der Waals surface area (Å²) in [5.74, 6) is -0.154. The Balaban J connectivity index is 2.35. The Hall–Kier alpha value is -1.86. The zero-order valence-electron chi connectivity index (χ0n) is 9.07. The van der Waals surface area contributed by atoms with Gasteiger partial charge in [-0.05, 0) is 22.6 Å². The molecule has 0 aliphatic rings. The number of halogens is 2. The number of carbonyl (C=O) groups excluding carboxylic acids is 1. The van der Waals surface area contributed by atoms with Crippen LogP contribution in [0, 0.1) is 0 Å². The van der Waals surface area contributed by atoms with E-state index in [1.807, 2.05) is 0 Å². The van der Waals surface area contributed by atoms with Crippen molar-refractivity contribution in [3.8, 4) is 5.75 Å². The molecule has 0 bridgehead atoms. The molecule has 0 aliphatic carbocycles. The van der Waals surface area contributed by atoms with Gasteiger partial charge in [-0.25, -0.2) is 5.10 Å². The molecule has 0 spiro atoms. The van der Waals surface area contributed by atoms with Crippen molar-refractivity contribution in [1.29, 1.82) is 0 Å². The van der Waals surface area contributed by atoms with Gasteiger partial charge in [0.25, 0.3) is 5.91 Å². The number of hydrogen-bond acceptors (Lipinski definition) is 5. The molecule has 1 aromatic heterocycles. The van der Waals surface area contributed by atoms with Crippen LogP contribution in [0.1, 0.15) is 10.4 Å². The van der Waals surface area contributed by atoms with E-state index >= 15 is 0 Å². The maximum absolute atomic E-state index is 12.0. The standard InChI is InChI=1S/C9H7Cl2N5O2/c1-18-7-5(2-4(10)3-6(7)11)8(17)12-9-13-15-16-14-9/h2-3H,1H3,(H2,12,13,14,15,16,17). The summed E-state index contributed by atoms with van der Waals surface area (Å²) in [6, 6.07) is 2.92. The van der Waals surface area contributed by atoms with Crippen LogP contribution in [0.4, 0.5) is 5.95 Å². The lowest BCUT2D eigenvalue weighted by Crippen LogP contribution is -2.14. The van der Waals surface area contributed by atoms with E-state index in [1.165, 1.54) is 19.2 Å². The number of tetrazole rings is 1. The molecule has 0 fully saturated rings. The van der Waals surface area contributed by atoms with Crippen molar-refractivity contribution < 1.29 is 9.53 Å². The van der Waals surface area contributed by atoms with Crippen molar-refractivity contribution in [3.63, 3.8) is 0 Å². The van der Waals surface area contributed by atoms with Gasteiger partial charge in [-0.2, -0.15) is 0 Å². The van der Waals surface area contributed by atoms with Gasteiger partial charge in [0, 0.05) is 5.02 Å². The average Bonchev–Trinajstić information content (AvgIpc) is 2.80. The largest absolute Gasteiger partial charge is 0.494 e. The normalized spacial score (nSPS) is 10.2. The average molecular weight is 288 g/mol. The first-order chi connectivity index (χ1) is 8.61. The van der Waals surface area contributed by atoms with Crippen LogP contribution in [0.25, 0.3) is 0 Å². The number of benzene rings is 1. The molecule has 0 aliphatic heterocycles. The quantitative estimate of drug-likeness (QED) is 0.897. The summed E-state index contributed by atoms with van der Waals surface area (Å²) in [6.45, 7) is 0. The van der Waals surface area contributed by atoms with Gasteiger partial charge in [-0.1, -0.05) is 28.3 Å². The number of nitrogens with one attached hydrogen (secondary N) is 2. The van der Waals surface area contributed by atoms with Crippen LogP contribution in [0.2, 0.25) is 10.0 Å². The Kier molecular flexibility index (Phi) is 3.63. The second-order valence-electron chi connectivity index (χ2n) is 3.17. The summed E-state index contributed by atoms with van der Waals surface area (Å²) in [5, 5.41) is 15.6. The highest BCUT2D eigenvalue weighted by molar-refractivity contribution is 6.36. The van der Waals surface area contributed by atoms with E-state index in [4.69, 9.17) is 27.9 Å². The van der Waals surface area contributed by atoms with Gasteiger partial charge in [0.1, 0.15) is 5.75 Å². The molecule has 7 nitrogen and oxygen atoms in total. The Bertz CT molecular complexity index is 573.